The van der Waals surface area contributed by atoms with Crippen molar-refractivity contribution in [1.29, 1.82) is 0 Å². The predicted molar refractivity (Wildman–Crippen MR) is 109 cm³/mol. The number of hydrogen-bond donors (Lipinski definition) is 2. The maximum absolute atomic E-state index is 13.3. The average Bonchev–Trinajstić information content (AvgIpc) is 3.41. The molecule has 29 heavy (non-hydrogen) atoms. The van der Waals surface area contributed by atoms with E-state index in [-0.39, 0.29) is 17.9 Å². The van der Waals surface area contributed by atoms with Crippen molar-refractivity contribution in [3.05, 3.63) is 59.7 Å². The van der Waals surface area contributed by atoms with E-state index in [1.807, 2.05) is 48.5 Å². The number of amides is 2. The predicted octanol–water partition coefficient (Wildman–Crippen LogP) is 2.64. The monoisotopic (exact) mass is 391 g/mol. The van der Waals surface area contributed by atoms with Crippen LogP contribution in [-0.4, -0.2) is 36.4 Å². The van der Waals surface area contributed by atoms with Crippen LogP contribution < -0.4 is 15.4 Å². The van der Waals surface area contributed by atoms with Crippen molar-refractivity contribution < 1.29 is 14.3 Å². The molecule has 2 fully saturated rings. The zero-order valence-corrected chi connectivity index (χ0v) is 16.5. The minimum absolute atomic E-state index is 0.0536. The maximum Gasteiger partial charge on any atom is 0.250 e. The summed E-state index contributed by atoms with van der Waals surface area (Å²) < 4.78 is 5.19. The standard InChI is InChI=1S/C23H25N3O3/c1-29-17-10-8-15(9-11-17)14-24-21(27)19-13-16-5-4-12-26(16)23(19)18-6-2-3-7-20(18)25-22(23)28/h2-3,6-11,16,19H,4-5,12-14H2,1H3,(H,24,27)(H,25,28). The second kappa shape index (κ2) is 6.88. The fraction of sp³-hybridized carbons (Fsp3) is 0.391. The molecule has 0 aromatic heterocycles. The van der Waals surface area contributed by atoms with Crippen molar-refractivity contribution in [3.8, 4) is 5.75 Å². The molecule has 5 rings (SSSR count). The van der Waals surface area contributed by atoms with Crippen molar-refractivity contribution >= 4 is 17.5 Å². The van der Waals surface area contributed by atoms with E-state index in [4.69, 9.17) is 4.74 Å². The van der Waals surface area contributed by atoms with Crippen LogP contribution in [0.5, 0.6) is 5.75 Å². The summed E-state index contributed by atoms with van der Waals surface area (Å²) in [5, 5.41) is 6.12. The van der Waals surface area contributed by atoms with Crippen molar-refractivity contribution in [2.75, 3.05) is 19.0 Å². The van der Waals surface area contributed by atoms with Gasteiger partial charge in [-0.05, 0) is 49.6 Å². The van der Waals surface area contributed by atoms with Gasteiger partial charge in [-0.1, -0.05) is 30.3 Å². The van der Waals surface area contributed by atoms with Crippen LogP contribution in [0.25, 0.3) is 0 Å². The van der Waals surface area contributed by atoms with Crippen LogP contribution in [0.2, 0.25) is 0 Å². The summed E-state index contributed by atoms with van der Waals surface area (Å²) in [6.45, 7) is 1.29. The quantitative estimate of drug-likeness (QED) is 0.841. The molecule has 6 nitrogen and oxygen atoms in total. The van der Waals surface area contributed by atoms with Crippen molar-refractivity contribution in [1.82, 2.24) is 10.2 Å². The van der Waals surface area contributed by atoms with Crippen LogP contribution in [0.4, 0.5) is 5.69 Å². The Morgan fingerprint density at radius 2 is 2.03 bits per heavy atom. The Morgan fingerprint density at radius 3 is 2.83 bits per heavy atom. The van der Waals surface area contributed by atoms with Crippen LogP contribution in [0, 0.1) is 5.92 Å². The number of methoxy groups -OCH3 is 1. The SMILES string of the molecule is COc1ccc(CNC(=O)C2CC3CCCN3C23C(=O)Nc2ccccc23)cc1. The second-order valence-corrected chi connectivity index (χ2v) is 8.11. The lowest BCUT2D eigenvalue weighted by molar-refractivity contribution is -0.137. The topological polar surface area (TPSA) is 70.7 Å². The van der Waals surface area contributed by atoms with Gasteiger partial charge in [0.25, 0.3) is 0 Å². The highest BCUT2D eigenvalue weighted by Crippen LogP contribution is 2.55. The Kier molecular flexibility index (Phi) is 4.32. The fourth-order valence-corrected chi connectivity index (χ4v) is 5.44. The lowest BCUT2D eigenvalue weighted by atomic mass is 9.78. The molecule has 0 radical (unpaired) electrons. The molecule has 0 aliphatic carbocycles. The van der Waals surface area contributed by atoms with Crippen molar-refractivity contribution in [2.45, 2.75) is 37.4 Å². The molecule has 3 aliphatic rings. The molecule has 150 valence electrons. The molecular weight excluding hydrogens is 366 g/mol. The third-order valence-corrected chi connectivity index (χ3v) is 6.72. The van der Waals surface area contributed by atoms with E-state index >= 15 is 0 Å². The summed E-state index contributed by atoms with van der Waals surface area (Å²) in [7, 11) is 1.63. The Hall–Kier alpha value is -2.86. The number of carbonyl (C=O) groups excluding carboxylic acids is 2. The maximum atomic E-state index is 13.3. The first-order valence-corrected chi connectivity index (χ1v) is 10.2. The lowest BCUT2D eigenvalue weighted by Gasteiger charge is -2.36. The molecule has 2 aromatic carbocycles. The van der Waals surface area contributed by atoms with Gasteiger partial charge in [0.1, 0.15) is 11.3 Å². The zero-order valence-electron chi connectivity index (χ0n) is 16.5. The van der Waals surface area contributed by atoms with Gasteiger partial charge in [0.15, 0.2) is 0 Å². The Balaban J connectivity index is 1.44. The van der Waals surface area contributed by atoms with Crippen LogP contribution >= 0.6 is 0 Å². The van der Waals surface area contributed by atoms with Gasteiger partial charge in [-0.3, -0.25) is 14.5 Å². The summed E-state index contributed by atoms with van der Waals surface area (Å²) >= 11 is 0. The lowest BCUT2D eigenvalue weighted by Crippen LogP contribution is -2.54. The Labute approximate surface area is 170 Å². The molecule has 2 amide bonds. The number of rotatable bonds is 4. The van der Waals surface area contributed by atoms with Crippen LogP contribution in [-0.2, 0) is 21.7 Å². The third kappa shape index (κ3) is 2.66. The van der Waals surface area contributed by atoms with E-state index in [0.717, 1.165) is 48.4 Å². The second-order valence-electron chi connectivity index (χ2n) is 8.11. The summed E-state index contributed by atoms with van der Waals surface area (Å²) in [6.07, 6.45) is 2.83. The van der Waals surface area contributed by atoms with E-state index < -0.39 is 11.5 Å². The van der Waals surface area contributed by atoms with Crippen molar-refractivity contribution in [2.24, 2.45) is 5.92 Å². The van der Waals surface area contributed by atoms with E-state index in [1.165, 1.54) is 0 Å². The normalized spacial score (nSPS) is 27.6. The first-order chi connectivity index (χ1) is 14.1. The van der Waals surface area contributed by atoms with Crippen LogP contribution in [0.15, 0.2) is 48.5 Å². The first-order valence-electron chi connectivity index (χ1n) is 10.2. The van der Waals surface area contributed by atoms with E-state index in [2.05, 4.69) is 15.5 Å². The average molecular weight is 391 g/mol. The third-order valence-electron chi connectivity index (χ3n) is 6.72. The fourth-order valence-electron chi connectivity index (χ4n) is 5.44. The number of nitrogens with zero attached hydrogens (tertiary/aromatic N) is 1. The van der Waals surface area contributed by atoms with Gasteiger partial charge in [-0.2, -0.15) is 0 Å². The molecular formula is C23H25N3O3. The van der Waals surface area contributed by atoms with E-state index in [9.17, 15) is 9.59 Å². The highest BCUT2D eigenvalue weighted by atomic mass is 16.5. The molecule has 3 heterocycles. The van der Waals surface area contributed by atoms with Gasteiger partial charge in [-0.15, -0.1) is 0 Å². The Morgan fingerprint density at radius 1 is 1.24 bits per heavy atom. The minimum Gasteiger partial charge on any atom is -0.497 e. The summed E-state index contributed by atoms with van der Waals surface area (Å²) in [6, 6.07) is 15.7. The van der Waals surface area contributed by atoms with Gasteiger partial charge in [0.05, 0.1) is 13.0 Å². The molecule has 0 bridgehead atoms. The Bertz CT molecular complexity index is 958. The largest absolute Gasteiger partial charge is 0.497 e. The van der Waals surface area contributed by atoms with Crippen molar-refractivity contribution in [3.63, 3.8) is 0 Å². The molecule has 2 N–H and O–H groups in total. The zero-order chi connectivity index (χ0) is 20.0. The molecule has 1 spiro atoms. The van der Waals surface area contributed by atoms with Crippen LogP contribution in [0.3, 0.4) is 0 Å². The highest BCUT2D eigenvalue weighted by molar-refractivity contribution is 6.09. The van der Waals surface area contributed by atoms with Gasteiger partial charge >= 0.3 is 0 Å². The van der Waals surface area contributed by atoms with Crippen LogP contribution in [0.1, 0.15) is 30.4 Å². The van der Waals surface area contributed by atoms with Gasteiger partial charge < -0.3 is 15.4 Å². The number of carbonyl (C=O) groups is 2. The summed E-state index contributed by atoms with van der Waals surface area (Å²) in [4.78, 5) is 28.9. The molecule has 6 heteroatoms. The van der Waals surface area contributed by atoms with E-state index in [0.29, 0.717) is 6.54 Å². The molecule has 3 atom stereocenters. The molecule has 0 saturated carbocycles. The molecule has 2 saturated heterocycles. The molecule has 3 aliphatic heterocycles. The van der Waals surface area contributed by atoms with Gasteiger partial charge in [-0.25, -0.2) is 0 Å². The first kappa shape index (κ1) is 18.2. The number of nitrogens with one attached hydrogen (secondary N) is 2. The summed E-state index contributed by atoms with van der Waals surface area (Å²) in [5.74, 6) is 0.277. The summed E-state index contributed by atoms with van der Waals surface area (Å²) in [5.41, 5.74) is 1.89. The smallest absolute Gasteiger partial charge is 0.250 e. The van der Waals surface area contributed by atoms with Gasteiger partial charge in [0, 0.05) is 23.8 Å². The number of benzene rings is 2. The number of anilines is 1. The van der Waals surface area contributed by atoms with E-state index in [1.54, 1.807) is 7.11 Å². The number of ether oxygens (including phenoxy) is 1. The number of hydrogen-bond acceptors (Lipinski definition) is 4. The van der Waals surface area contributed by atoms with Gasteiger partial charge in [0.2, 0.25) is 11.8 Å². The minimum atomic E-state index is -0.887. The number of para-hydroxylation sites is 1. The molecule has 2 aromatic rings. The highest BCUT2D eigenvalue weighted by Gasteiger charge is 2.65. The molecule has 3 unspecified atom stereocenters. The number of fused-ring (bicyclic) bond motifs is 4.